The van der Waals surface area contributed by atoms with Crippen molar-refractivity contribution in [1.82, 2.24) is 15.1 Å². The largest absolute Gasteiger partial charge is 0.545 e. The summed E-state index contributed by atoms with van der Waals surface area (Å²) in [6.07, 6.45) is 4.66. The normalized spacial score (nSPS) is 11.0. The quantitative estimate of drug-likeness (QED) is 0.569. The number of carboxylic acid groups (broad SMARTS) is 1. The minimum absolute atomic E-state index is 0.0681. The Morgan fingerprint density at radius 3 is 2.83 bits per heavy atom. The molecule has 4 rings (SSSR count). The molecule has 0 aliphatic rings. The number of pyridine rings is 2. The molecule has 4 aromatic rings. The number of aromatic nitrogens is 3. The fourth-order valence-corrected chi connectivity index (χ4v) is 2.36. The van der Waals surface area contributed by atoms with Crippen LogP contribution >= 0.6 is 0 Å². The van der Waals surface area contributed by atoms with Crippen LogP contribution in [0.3, 0.4) is 0 Å². The molecule has 0 fully saturated rings. The van der Waals surface area contributed by atoms with E-state index in [9.17, 15) is 9.90 Å². The molecule has 0 unspecified atom stereocenters. The Bertz CT molecular complexity index is 991. The van der Waals surface area contributed by atoms with E-state index in [1.807, 2.05) is 0 Å². The number of aromatic carboxylic acids is 1. The lowest BCUT2D eigenvalue weighted by molar-refractivity contribution is -0.254. The SMILES string of the molecule is O=C([O-])c1cc(-c2cccnc2)nc2onc(-c3ccco3)c12. The molecule has 7 nitrogen and oxygen atoms in total. The summed E-state index contributed by atoms with van der Waals surface area (Å²) in [5.41, 5.74) is 1.37. The van der Waals surface area contributed by atoms with E-state index in [4.69, 9.17) is 8.94 Å². The van der Waals surface area contributed by atoms with Crippen molar-refractivity contribution >= 4 is 17.1 Å². The van der Waals surface area contributed by atoms with Gasteiger partial charge < -0.3 is 18.8 Å². The lowest BCUT2D eigenvalue weighted by Gasteiger charge is -2.07. The topological polar surface area (TPSA) is 105 Å². The number of carboxylic acids is 1. The number of carbonyl (C=O) groups is 1. The van der Waals surface area contributed by atoms with Crippen molar-refractivity contribution in [3.8, 4) is 22.7 Å². The van der Waals surface area contributed by atoms with Crippen LogP contribution in [0.5, 0.6) is 0 Å². The zero-order valence-electron chi connectivity index (χ0n) is 11.6. The zero-order valence-corrected chi connectivity index (χ0v) is 11.6. The van der Waals surface area contributed by atoms with Gasteiger partial charge in [0.2, 0.25) is 0 Å². The molecular weight excluding hydrogens is 298 g/mol. The van der Waals surface area contributed by atoms with E-state index >= 15 is 0 Å². The lowest BCUT2D eigenvalue weighted by atomic mass is 10.1. The van der Waals surface area contributed by atoms with E-state index in [0.29, 0.717) is 17.0 Å². The summed E-state index contributed by atoms with van der Waals surface area (Å²) >= 11 is 0. The molecule has 4 aromatic heterocycles. The standard InChI is InChI=1S/C16H9N3O4/c20-16(21)10-7-11(9-3-1-5-17-8-9)18-15-13(10)14(19-23-15)12-4-2-6-22-12/h1-8H,(H,20,21)/p-1. The summed E-state index contributed by atoms with van der Waals surface area (Å²) in [5, 5.41) is 15.7. The maximum absolute atomic E-state index is 11.6. The number of fused-ring (bicyclic) bond motifs is 1. The molecule has 0 atom stereocenters. The van der Waals surface area contributed by atoms with Gasteiger partial charge >= 0.3 is 0 Å². The second-order valence-electron chi connectivity index (χ2n) is 4.77. The number of hydrogen-bond donors (Lipinski definition) is 0. The second kappa shape index (κ2) is 5.06. The highest BCUT2D eigenvalue weighted by atomic mass is 16.5. The highest BCUT2D eigenvalue weighted by Crippen LogP contribution is 2.32. The first-order valence-corrected chi connectivity index (χ1v) is 6.70. The van der Waals surface area contributed by atoms with Gasteiger partial charge in [0.05, 0.1) is 23.3 Å². The molecule has 0 radical (unpaired) electrons. The molecular formula is C16H8N3O4-. The zero-order chi connectivity index (χ0) is 15.8. The van der Waals surface area contributed by atoms with Gasteiger partial charge in [-0.25, -0.2) is 4.98 Å². The summed E-state index contributed by atoms with van der Waals surface area (Å²) < 4.78 is 10.5. The average molecular weight is 306 g/mol. The van der Waals surface area contributed by atoms with Crippen LogP contribution in [0.1, 0.15) is 10.4 Å². The monoisotopic (exact) mass is 306 g/mol. The van der Waals surface area contributed by atoms with Gasteiger partial charge in [-0.15, -0.1) is 0 Å². The van der Waals surface area contributed by atoms with Crippen LogP contribution in [-0.2, 0) is 0 Å². The fraction of sp³-hybridized carbons (Fsp3) is 0. The van der Waals surface area contributed by atoms with Gasteiger partial charge in [0, 0.05) is 23.5 Å². The minimum Gasteiger partial charge on any atom is -0.545 e. The molecule has 0 spiro atoms. The maximum Gasteiger partial charge on any atom is 0.259 e. The molecule has 23 heavy (non-hydrogen) atoms. The molecule has 112 valence electrons. The van der Waals surface area contributed by atoms with Crippen LogP contribution in [-0.4, -0.2) is 21.1 Å². The highest BCUT2D eigenvalue weighted by Gasteiger charge is 2.20. The van der Waals surface area contributed by atoms with Crippen LogP contribution in [0.25, 0.3) is 33.8 Å². The lowest BCUT2D eigenvalue weighted by Crippen LogP contribution is -2.22. The first-order valence-electron chi connectivity index (χ1n) is 6.70. The van der Waals surface area contributed by atoms with Crippen molar-refractivity contribution < 1.29 is 18.8 Å². The molecule has 0 N–H and O–H groups in total. The van der Waals surface area contributed by atoms with Gasteiger partial charge in [-0.1, -0.05) is 5.16 Å². The van der Waals surface area contributed by atoms with Gasteiger partial charge in [0.25, 0.3) is 5.71 Å². The van der Waals surface area contributed by atoms with E-state index in [0.717, 1.165) is 0 Å². The van der Waals surface area contributed by atoms with Gasteiger partial charge in [-0.05, 0) is 30.3 Å². The second-order valence-corrected chi connectivity index (χ2v) is 4.77. The Balaban J connectivity index is 2.01. The number of rotatable bonds is 3. The van der Waals surface area contributed by atoms with Crippen molar-refractivity contribution in [3.63, 3.8) is 0 Å². The third kappa shape index (κ3) is 2.15. The van der Waals surface area contributed by atoms with Gasteiger partial charge in [-0.3, -0.25) is 4.98 Å². The molecule has 0 amide bonds. The van der Waals surface area contributed by atoms with E-state index in [2.05, 4.69) is 15.1 Å². The predicted molar refractivity (Wildman–Crippen MR) is 77.1 cm³/mol. The first kappa shape index (κ1) is 13.2. The molecule has 0 aliphatic heterocycles. The number of carbonyl (C=O) groups excluding carboxylic acids is 1. The smallest absolute Gasteiger partial charge is 0.259 e. The average Bonchev–Trinajstić information content (AvgIpc) is 3.23. The summed E-state index contributed by atoms with van der Waals surface area (Å²) in [6, 6.07) is 8.24. The Morgan fingerprint density at radius 2 is 2.13 bits per heavy atom. The summed E-state index contributed by atoms with van der Waals surface area (Å²) in [5.74, 6) is -0.958. The minimum atomic E-state index is -1.35. The molecule has 0 saturated carbocycles. The first-order chi connectivity index (χ1) is 11.2. The van der Waals surface area contributed by atoms with Gasteiger partial charge in [0.15, 0.2) is 11.5 Å². The van der Waals surface area contributed by atoms with Crippen molar-refractivity contribution in [2.24, 2.45) is 0 Å². The van der Waals surface area contributed by atoms with Crippen LogP contribution in [0.15, 0.2) is 57.9 Å². The molecule has 0 bridgehead atoms. The molecule has 0 saturated heterocycles. The molecule has 0 aliphatic carbocycles. The Hall–Kier alpha value is -3.48. The van der Waals surface area contributed by atoms with Gasteiger partial charge in [-0.2, -0.15) is 0 Å². The third-order valence-corrected chi connectivity index (χ3v) is 3.38. The summed E-state index contributed by atoms with van der Waals surface area (Å²) in [4.78, 5) is 19.9. The van der Waals surface area contributed by atoms with Crippen molar-refractivity contribution in [1.29, 1.82) is 0 Å². The highest BCUT2D eigenvalue weighted by molar-refractivity contribution is 6.06. The summed E-state index contributed by atoms with van der Waals surface area (Å²) in [6.45, 7) is 0. The van der Waals surface area contributed by atoms with Crippen LogP contribution < -0.4 is 5.11 Å². The van der Waals surface area contributed by atoms with Crippen molar-refractivity contribution in [3.05, 3.63) is 54.6 Å². The van der Waals surface area contributed by atoms with Crippen LogP contribution in [0.4, 0.5) is 0 Å². The Kier molecular flexibility index (Phi) is 2.90. The number of hydrogen-bond acceptors (Lipinski definition) is 7. The van der Waals surface area contributed by atoms with E-state index in [-0.39, 0.29) is 22.4 Å². The predicted octanol–water partition coefficient (Wildman–Crippen LogP) is 1.91. The fourth-order valence-electron chi connectivity index (χ4n) is 2.36. The molecule has 7 heteroatoms. The molecule has 4 heterocycles. The summed E-state index contributed by atoms with van der Waals surface area (Å²) in [7, 11) is 0. The van der Waals surface area contributed by atoms with Gasteiger partial charge in [0.1, 0.15) is 0 Å². The van der Waals surface area contributed by atoms with E-state index in [1.165, 1.54) is 12.3 Å². The molecule has 0 aromatic carbocycles. The number of furan rings is 1. The van der Waals surface area contributed by atoms with E-state index < -0.39 is 5.97 Å². The van der Waals surface area contributed by atoms with Crippen molar-refractivity contribution in [2.75, 3.05) is 0 Å². The Labute approximate surface area is 129 Å². The van der Waals surface area contributed by atoms with Crippen LogP contribution in [0, 0.1) is 0 Å². The third-order valence-electron chi connectivity index (χ3n) is 3.38. The number of nitrogens with zero attached hydrogens (tertiary/aromatic N) is 3. The van der Waals surface area contributed by atoms with Crippen molar-refractivity contribution in [2.45, 2.75) is 0 Å². The Morgan fingerprint density at radius 1 is 1.22 bits per heavy atom. The maximum atomic E-state index is 11.6. The van der Waals surface area contributed by atoms with E-state index in [1.54, 1.807) is 36.7 Å². The van der Waals surface area contributed by atoms with Crippen LogP contribution in [0.2, 0.25) is 0 Å².